The van der Waals surface area contributed by atoms with Gasteiger partial charge in [-0.2, -0.15) is 10.1 Å². The molecule has 1 fully saturated rings. The fraction of sp³-hybridized carbons (Fsp3) is 0.522. The smallest absolute Gasteiger partial charge is 0.227 e. The van der Waals surface area contributed by atoms with Gasteiger partial charge in [-0.05, 0) is 69.7 Å². The van der Waals surface area contributed by atoms with Crippen molar-refractivity contribution in [1.29, 1.82) is 0 Å². The maximum Gasteiger partial charge on any atom is 0.227 e. The summed E-state index contributed by atoms with van der Waals surface area (Å²) >= 11 is 3.50. The van der Waals surface area contributed by atoms with Crippen LogP contribution in [0.2, 0.25) is 0 Å². The molecule has 0 saturated heterocycles. The zero-order valence-electron chi connectivity index (χ0n) is 18.7. The molecule has 4 N–H and O–H groups in total. The second kappa shape index (κ2) is 9.12. The van der Waals surface area contributed by atoms with E-state index in [9.17, 15) is 0 Å². The van der Waals surface area contributed by atoms with E-state index in [0.717, 1.165) is 64.0 Å². The van der Waals surface area contributed by atoms with Crippen LogP contribution in [0.5, 0.6) is 0 Å². The SMILES string of the molecule is CC(C)c1[nH]nc2c(Nc3ccc(Br)cc3)nc(=NC3CCC(N)CC3)n(C(C)C)c12. The predicted octanol–water partition coefficient (Wildman–Crippen LogP) is 5.14. The molecule has 8 heteroatoms. The largest absolute Gasteiger partial charge is 0.338 e. The number of fused-ring (bicyclic) bond motifs is 1. The Morgan fingerprint density at radius 1 is 1.13 bits per heavy atom. The summed E-state index contributed by atoms with van der Waals surface area (Å²) in [5.74, 6) is 1.03. The first kappa shape index (κ1) is 22.0. The van der Waals surface area contributed by atoms with Gasteiger partial charge in [0.25, 0.3) is 0 Å². The molecule has 0 amide bonds. The zero-order chi connectivity index (χ0) is 22.1. The van der Waals surface area contributed by atoms with Crippen molar-refractivity contribution in [2.45, 2.75) is 77.4 Å². The molecular weight excluding hydrogens is 454 g/mol. The first-order valence-corrected chi connectivity index (χ1v) is 11.9. The molecule has 2 aromatic heterocycles. The Balaban J connectivity index is 1.90. The lowest BCUT2D eigenvalue weighted by Gasteiger charge is -2.24. The van der Waals surface area contributed by atoms with Gasteiger partial charge in [0.1, 0.15) is 0 Å². The van der Waals surface area contributed by atoms with E-state index in [-0.39, 0.29) is 12.1 Å². The average molecular weight is 486 g/mol. The minimum absolute atomic E-state index is 0.205. The number of halogens is 1. The van der Waals surface area contributed by atoms with Gasteiger partial charge in [0.05, 0.1) is 17.3 Å². The van der Waals surface area contributed by atoms with Crippen molar-refractivity contribution in [1.82, 2.24) is 19.7 Å². The summed E-state index contributed by atoms with van der Waals surface area (Å²) in [7, 11) is 0. The van der Waals surface area contributed by atoms with Gasteiger partial charge in [-0.1, -0.05) is 29.8 Å². The summed E-state index contributed by atoms with van der Waals surface area (Å²) in [6, 6.07) is 8.83. The third-order valence-corrected chi connectivity index (χ3v) is 6.43. The molecule has 2 heterocycles. The molecule has 3 aromatic rings. The van der Waals surface area contributed by atoms with Crippen LogP contribution in [0.3, 0.4) is 0 Å². The van der Waals surface area contributed by atoms with Gasteiger partial charge in [-0.15, -0.1) is 0 Å². The highest BCUT2D eigenvalue weighted by molar-refractivity contribution is 9.10. The van der Waals surface area contributed by atoms with E-state index in [1.54, 1.807) is 0 Å². The van der Waals surface area contributed by atoms with E-state index in [1.165, 1.54) is 0 Å². The number of aromatic amines is 1. The van der Waals surface area contributed by atoms with Crippen molar-refractivity contribution in [2.24, 2.45) is 10.7 Å². The van der Waals surface area contributed by atoms with Crippen molar-refractivity contribution < 1.29 is 0 Å². The van der Waals surface area contributed by atoms with Crippen molar-refractivity contribution in [3.63, 3.8) is 0 Å². The maximum absolute atomic E-state index is 6.11. The monoisotopic (exact) mass is 485 g/mol. The van der Waals surface area contributed by atoms with Gasteiger partial charge < -0.3 is 15.6 Å². The Morgan fingerprint density at radius 3 is 2.42 bits per heavy atom. The molecule has 4 rings (SSSR count). The van der Waals surface area contributed by atoms with Gasteiger partial charge in [-0.3, -0.25) is 5.10 Å². The summed E-state index contributed by atoms with van der Waals surface area (Å²) in [4.78, 5) is 10.1. The third kappa shape index (κ3) is 4.70. The van der Waals surface area contributed by atoms with Crippen LogP contribution in [-0.2, 0) is 0 Å². The lowest BCUT2D eigenvalue weighted by molar-refractivity contribution is 0.386. The average Bonchev–Trinajstić information content (AvgIpc) is 3.16. The molecule has 1 saturated carbocycles. The number of nitrogens with two attached hydrogens (primary N) is 1. The third-order valence-electron chi connectivity index (χ3n) is 5.90. The van der Waals surface area contributed by atoms with E-state index in [1.807, 2.05) is 24.3 Å². The van der Waals surface area contributed by atoms with Crippen LogP contribution >= 0.6 is 15.9 Å². The Morgan fingerprint density at radius 2 is 1.81 bits per heavy atom. The van der Waals surface area contributed by atoms with Crippen LogP contribution < -0.4 is 16.7 Å². The second-order valence-electron chi connectivity index (χ2n) is 9.04. The molecule has 7 nitrogen and oxygen atoms in total. The molecular formula is C23H32BrN7. The van der Waals surface area contributed by atoms with Crippen molar-refractivity contribution in [3.8, 4) is 0 Å². The van der Waals surface area contributed by atoms with Gasteiger partial charge in [0.15, 0.2) is 11.3 Å². The van der Waals surface area contributed by atoms with E-state index < -0.39 is 0 Å². The molecule has 1 aliphatic carbocycles. The quantitative estimate of drug-likeness (QED) is 0.465. The predicted molar refractivity (Wildman–Crippen MR) is 130 cm³/mol. The van der Waals surface area contributed by atoms with E-state index in [0.29, 0.717) is 12.0 Å². The van der Waals surface area contributed by atoms with Crippen molar-refractivity contribution >= 4 is 38.5 Å². The van der Waals surface area contributed by atoms with E-state index in [4.69, 9.17) is 15.7 Å². The van der Waals surface area contributed by atoms with Crippen LogP contribution in [0.1, 0.15) is 71.0 Å². The second-order valence-corrected chi connectivity index (χ2v) is 9.96. The maximum atomic E-state index is 6.11. The lowest BCUT2D eigenvalue weighted by atomic mass is 9.92. The molecule has 166 valence electrons. The molecule has 31 heavy (non-hydrogen) atoms. The molecule has 0 aliphatic heterocycles. The number of hydrogen-bond acceptors (Lipinski definition) is 5. The number of benzene rings is 1. The van der Waals surface area contributed by atoms with Crippen LogP contribution in [-0.4, -0.2) is 31.8 Å². The fourth-order valence-electron chi connectivity index (χ4n) is 4.20. The van der Waals surface area contributed by atoms with E-state index in [2.05, 4.69) is 63.7 Å². The molecule has 1 aliphatic rings. The number of rotatable bonds is 5. The van der Waals surface area contributed by atoms with Crippen LogP contribution in [0, 0.1) is 0 Å². The first-order chi connectivity index (χ1) is 14.8. The molecule has 0 bridgehead atoms. The van der Waals surface area contributed by atoms with Gasteiger partial charge in [0, 0.05) is 22.2 Å². The normalized spacial score (nSPS) is 20.2. The number of nitrogens with zero attached hydrogens (tertiary/aromatic N) is 4. The topological polar surface area (TPSA) is 96.9 Å². The highest BCUT2D eigenvalue weighted by Crippen LogP contribution is 2.29. The molecule has 0 radical (unpaired) electrons. The molecule has 0 spiro atoms. The molecule has 0 unspecified atom stereocenters. The summed E-state index contributed by atoms with van der Waals surface area (Å²) in [6.07, 6.45) is 4.06. The summed E-state index contributed by atoms with van der Waals surface area (Å²) in [5.41, 5.74) is 10.8. The van der Waals surface area contributed by atoms with Gasteiger partial charge in [-0.25, -0.2) is 4.99 Å². The van der Waals surface area contributed by atoms with Gasteiger partial charge >= 0.3 is 0 Å². The van der Waals surface area contributed by atoms with Gasteiger partial charge in [0.2, 0.25) is 5.62 Å². The minimum Gasteiger partial charge on any atom is -0.338 e. The Labute approximate surface area is 191 Å². The van der Waals surface area contributed by atoms with Crippen molar-refractivity contribution in [3.05, 3.63) is 40.1 Å². The molecule has 1 aromatic carbocycles. The van der Waals surface area contributed by atoms with Crippen LogP contribution in [0.15, 0.2) is 33.7 Å². The fourth-order valence-corrected chi connectivity index (χ4v) is 4.46. The summed E-state index contributed by atoms with van der Waals surface area (Å²) in [6.45, 7) is 8.71. The number of aromatic nitrogens is 4. The number of H-pyrrole nitrogens is 1. The molecule has 0 atom stereocenters. The van der Waals surface area contributed by atoms with Crippen molar-refractivity contribution in [2.75, 3.05) is 5.32 Å². The van der Waals surface area contributed by atoms with Crippen LogP contribution in [0.4, 0.5) is 11.5 Å². The summed E-state index contributed by atoms with van der Waals surface area (Å²) < 4.78 is 3.27. The Hall–Kier alpha value is -2.19. The summed E-state index contributed by atoms with van der Waals surface area (Å²) in [5, 5.41) is 11.4. The zero-order valence-corrected chi connectivity index (χ0v) is 20.3. The number of hydrogen-bond donors (Lipinski definition) is 3. The van der Waals surface area contributed by atoms with E-state index >= 15 is 0 Å². The van der Waals surface area contributed by atoms with Crippen LogP contribution in [0.25, 0.3) is 11.0 Å². The first-order valence-electron chi connectivity index (χ1n) is 11.2. The number of nitrogens with one attached hydrogen (secondary N) is 2. The highest BCUT2D eigenvalue weighted by Gasteiger charge is 2.22. The Kier molecular flexibility index (Phi) is 6.48. The minimum atomic E-state index is 0.205. The number of anilines is 2. The standard InChI is InChI=1S/C23H32BrN7/c1-13(2)19-21-20(30-29-19)22(26-17-9-5-15(24)6-10-17)28-23(31(21)14(3)4)27-18-11-7-16(25)8-12-18/h5-6,9-10,13-14,16,18H,7-8,11-12,25H2,1-4H3,(H,29,30)(H,26,27,28). The highest BCUT2D eigenvalue weighted by atomic mass is 79.9. The Bertz CT molecular complexity index is 1100. The lowest BCUT2D eigenvalue weighted by Crippen LogP contribution is -2.33.